The zero-order valence-corrected chi connectivity index (χ0v) is 17.5. The standard InChI is InChI=1S/C24H19NO5S/c1-3-11-30-17-6-4-5-15(12-17)18-13-19(26)25-21-20(23(24(27)28)31-22(18)21)14-7-9-16(29-2)10-8-14/h1,4-10,12,18H,11,13H2,2H3,(H,25,26)(H,27,28)/t18-/m0/s1. The van der Waals surface area contributed by atoms with Crippen LogP contribution in [0.1, 0.15) is 32.5 Å². The number of hydrogen-bond acceptors (Lipinski definition) is 5. The van der Waals surface area contributed by atoms with Crippen LogP contribution in [0.15, 0.2) is 48.5 Å². The number of rotatable bonds is 6. The van der Waals surface area contributed by atoms with E-state index in [1.54, 1.807) is 37.4 Å². The van der Waals surface area contributed by atoms with Crippen molar-refractivity contribution in [2.75, 3.05) is 19.0 Å². The van der Waals surface area contributed by atoms with E-state index in [1.165, 1.54) is 11.3 Å². The molecule has 6 nitrogen and oxygen atoms in total. The van der Waals surface area contributed by atoms with E-state index in [4.69, 9.17) is 15.9 Å². The molecule has 0 unspecified atom stereocenters. The number of methoxy groups -OCH3 is 1. The van der Waals surface area contributed by atoms with Crippen molar-refractivity contribution in [3.05, 3.63) is 63.8 Å². The molecule has 0 radical (unpaired) electrons. The molecule has 2 N–H and O–H groups in total. The summed E-state index contributed by atoms with van der Waals surface area (Å²) < 4.78 is 10.7. The summed E-state index contributed by atoms with van der Waals surface area (Å²) in [6, 6.07) is 14.5. The first-order chi connectivity index (χ1) is 15.0. The van der Waals surface area contributed by atoms with Gasteiger partial charge in [0.1, 0.15) is 23.0 Å². The van der Waals surface area contributed by atoms with Gasteiger partial charge in [-0.25, -0.2) is 4.79 Å². The summed E-state index contributed by atoms with van der Waals surface area (Å²) in [5.41, 5.74) is 2.62. The number of thiophene rings is 1. The predicted octanol–water partition coefficient (Wildman–Crippen LogP) is 4.61. The Hall–Kier alpha value is -3.76. The second-order valence-corrected chi connectivity index (χ2v) is 8.00. The van der Waals surface area contributed by atoms with Crippen molar-refractivity contribution in [1.29, 1.82) is 0 Å². The van der Waals surface area contributed by atoms with E-state index in [1.807, 2.05) is 18.2 Å². The third kappa shape index (κ3) is 3.98. The third-order valence-electron chi connectivity index (χ3n) is 5.06. The van der Waals surface area contributed by atoms with Crippen LogP contribution in [-0.4, -0.2) is 30.7 Å². The Morgan fingerprint density at radius 1 is 1.26 bits per heavy atom. The highest BCUT2D eigenvalue weighted by Gasteiger charge is 2.34. The molecule has 7 heteroatoms. The lowest BCUT2D eigenvalue weighted by Gasteiger charge is -2.24. The highest BCUT2D eigenvalue weighted by molar-refractivity contribution is 7.15. The van der Waals surface area contributed by atoms with Crippen molar-refractivity contribution in [3.63, 3.8) is 0 Å². The van der Waals surface area contributed by atoms with E-state index in [9.17, 15) is 14.7 Å². The molecule has 0 spiro atoms. The van der Waals surface area contributed by atoms with Gasteiger partial charge in [-0.15, -0.1) is 17.8 Å². The molecule has 0 fully saturated rings. The molecule has 1 aliphatic rings. The SMILES string of the molecule is C#CCOc1cccc([C@@H]2CC(=O)Nc3c2sc(C(=O)O)c3-c2ccc(OC)cc2)c1. The van der Waals surface area contributed by atoms with Crippen molar-refractivity contribution in [3.8, 4) is 35.0 Å². The topological polar surface area (TPSA) is 84.9 Å². The largest absolute Gasteiger partial charge is 0.497 e. The van der Waals surface area contributed by atoms with Crippen LogP contribution < -0.4 is 14.8 Å². The van der Waals surface area contributed by atoms with Gasteiger partial charge in [0.15, 0.2) is 0 Å². The maximum Gasteiger partial charge on any atom is 0.346 e. The van der Waals surface area contributed by atoms with Crippen LogP contribution in [0.25, 0.3) is 11.1 Å². The molecular formula is C24H19NO5S. The molecule has 1 aliphatic heterocycles. The number of amides is 1. The smallest absolute Gasteiger partial charge is 0.346 e. The van der Waals surface area contributed by atoms with Gasteiger partial charge in [-0.2, -0.15) is 0 Å². The second kappa shape index (κ2) is 8.54. The summed E-state index contributed by atoms with van der Waals surface area (Å²) in [5.74, 6) is 2.21. The minimum Gasteiger partial charge on any atom is -0.497 e. The molecule has 4 rings (SSSR count). The molecule has 1 atom stereocenters. The summed E-state index contributed by atoms with van der Waals surface area (Å²) in [7, 11) is 1.57. The molecular weight excluding hydrogens is 414 g/mol. The van der Waals surface area contributed by atoms with Crippen molar-refractivity contribution in [2.45, 2.75) is 12.3 Å². The van der Waals surface area contributed by atoms with Gasteiger partial charge in [-0.1, -0.05) is 30.2 Å². The van der Waals surface area contributed by atoms with Crippen LogP contribution in [0.4, 0.5) is 5.69 Å². The molecule has 0 bridgehead atoms. The van der Waals surface area contributed by atoms with Gasteiger partial charge in [0.05, 0.1) is 12.8 Å². The Balaban J connectivity index is 1.84. The van der Waals surface area contributed by atoms with Crippen molar-refractivity contribution < 1.29 is 24.2 Å². The average molecular weight is 433 g/mol. The number of fused-ring (bicyclic) bond motifs is 1. The fourth-order valence-corrected chi connectivity index (χ4v) is 4.93. The zero-order valence-electron chi connectivity index (χ0n) is 16.7. The van der Waals surface area contributed by atoms with Gasteiger partial charge in [0, 0.05) is 22.8 Å². The number of benzene rings is 2. The Morgan fingerprint density at radius 2 is 2.03 bits per heavy atom. The van der Waals surface area contributed by atoms with Gasteiger partial charge in [0.25, 0.3) is 0 Å². The molecule has 1 amide bonds. The van der Waals surface area contributed by atoms with Gasteiger partial charge in [-0.3, -0.25) is 4.79 Å². The van der Waals surface area contributed by atoms with E-state index < -0.39 is 5.97 Å². The third-order valence-corrected chi connectivity index (χ3v) is 6.35. The number of hydrogen-bond donors (Lipinski definition) is 2. The minimum absolute atomic E-state index is 0.142. The Kier molecular flexibility index (Phi) is 5.65. The number of anilines is 1. The number of carbonyl (C=O) groups is 2. The van der Waals surface area contributed by atoms with Crippen LogP contribution in [-0.2, 0) is 4.79 Å². The first-order valence-electron chi connectivity index (χ1n) is 9.52. The minimum atomic E-state index is -1.04. The highest BCUT2D eigenvalue weighted by Crippen LogP contribution is 2.49. The van der Waals surface area contributed by atoms with E-state index in [-0.39, 0.29) is 29.7 Å². The molecule has 3 aromatic rings. The predicted molar refractivity (Wildman–Crippen MR) is 119 cm³/mol. The average Bonchev–Trinajstić information content (AvgIpc) is 3.17. The Labute approximate surface area is 183 Å². The summed E-state index contributed by atoms with van der Waals surface area (Å²) in [6.45, 7) is 0.142. The lowest BCUT2D eigenvalue weighted by atomic mass is 9.88. The molecule has 2 heterocycles. The molecule has 31 heavy (non-hydrogen) atoms. The van der Waals surface area contributed by atoms with E-state index in [0.29, 0.717) is 28.3 Å². The maximum atomic E-state index is 12.6. The van der Waals surface area contributed by atoms with Crippen LogP contribution in [0, 0.1) is 12.3 Å². The fourth-order valence-electron chi connectivity index (χ4n) is 3.69. The number of nitrogens with one attached hydrogen (secondary N) is 1. The van der Waals surface area contributed by atoms with E-state index in [2.05, 4.69) is 11.2 Å². The quantitative estimate of drug-likeness (QED) is 0.555. The van der Waals surface area contributed by atoms with Crippen LogP contribution in [0.2, 0.25) is 0 Å². The van der Waals surface area contributed by atoms with E-state index in [0.717, 1.165) is 10.4 Å². The molecule has 1 aromatic heterocycles. The first-order valence-corrected chi connectivity index (χ1v) is 10.3. The summed E-state index contributed by atoms with van der Waals surface area (Å²) in [5, 5.41) is 12.8. The fraction of sp³-hybridized carbons (Fsp3) is 0.167. The van der Waals surface area contributed by atoms with Crippen molar-refractivity contribution in [2.24, 2.45) is 0 Å². The van der Waals surface area contributed by atoms with Crippen molar-refractivity contribution >= 4 is 28.9 Å². The summed E-state index contributed by atoms with van der Waals surface area (Å²) >= 11 is 1.18. The lowest BCUT2D eigenvalue weighted by molar-refractivity contribution is -0.116. The number of ether oxygens (including phenoxy) is 2. The first kappa shape index (κ1) is 20.5. The molecule has 156 valence electrons. The van der Waals surface area contributed by atoms with Crippen LogP contribution >= 0.6 is 11.3 Å². The van der Waals surface area contributed by atoms with Gasteiger partial charge < -0.3 is 19.9 Å². The Bertz CT molecular complexity index is 1190. The summed E-state index contributed by atoms with van der Waals surface area (Å²) in [6.07, 6.45) is 5.49. The molecule has 2 aromatic carbocycles. The number of aromatic carboxylic acids is 1. The monoisotopic (exact) mass is 433 g/mol. The number of carbonyl (C=O) groups excluding carboxylic acids is 1. The summed E-state index contributed by atoms with van der Waals surface area (Å²) in [4.78, 5) is 25.7. The molecule has 0 saturated carbocycles. The number of carboxylic acids is 1. The van der Waals surface area contributed by atoms with Crippen LogP contribution in [0.3, 0.4) is 0 Å². The number of carboxylic acid groups (broad SMARTS) is 1. The lowest BCUT2D eigenvalue weighted by Crippen LogP contribution is -2.22. The normalized spacial score (nSPS) is 14.8. The second-order valence-electron chi connectivity index (χ2n) is 6.95. The highest BCUT2D eigenvalue weighted by atomic mass is 32.1. The maximum absolute atomic E-state index is 12.6. The Morgan fingerprint density at radius 3 is 2.71 bits per heavy atom. The molecule has 0 aliphatic carbocycles. The zero-order chi connectivity index (χ0) is 22.0. The van der Waals surface area contributed by atoms with Gasteiger partial charge in [-0.05, 0) is 35.4 Å². The van der Waals surface area contributed by atoms with Gasteiger partial charge >= 0.3 is 5.97 Å². The van der Waals surface area contributed by atoms with Crippen molar-refractivity contribution in [1.82, 2.24) is 0 Å². The van der Waals surface area contributed by atoms with E-state index >= 15 is 0 Å². The van der Waals surface area contributed by atoms with Gasteiger partial charge in [0.2, 0.25) is 5.91 Å². The number of terminal acetylenes is 1. The molecule has 0 saturated heterocycles. The van der Waals surface area contributed by atoms with Crippen LogP contribution in [0.5, 0.6) is 11.5 Å².